The SMILES string of the molecule is C[C@H]1c2c(cc(F)c(Cl)c2-c2c(C(N)=O)ccc(Oc3ccccc3)c2F)O[C@]1(CNC1CCC(C(=O)N2CCC(CN3CCC(c4ccc5c(N6CCC(=O)NC6=O)nn(C)c5c4)CC3)CC2)CC1)c1ccccc1. The van der Waals surface area contributed by atoms with E-state index in [1.807, 2.05) is 49.0 Å². The van der Waals surface area contributed by atoms with Crippen molar-refractivity contribution in [3.05, 3.63) is 136 Å². The quantitative estimate of drug-likeness (QED) is 0.102. The number of likely N-dealkylation sites (tertiary alicyclic amines) is 2. The van der Waals surface area contributed by atoms with Crippen molar-refractivity contribution in [3.63, 3.8) is 0 Å². The number of benzene rings is 5. The zero-order valence-corrected chi connectivity index (χ0v) is 43.6. The van der Waals surface area contributed by atoms with Crippen LogP contribution in [0.25, 0.3) is 22.0 Å². The fourth-order valence-electron chi connectivity index (χ4n) is 12.6. The van der Waals surface area contributed by atoms with E-state index < -0.39 is 35.1 Å². The average Bonchev–Trinajstić information content (AvgIpc) is 3.96. The van der Waals surface area contributed by atoms with Crippen LogP contribution in [-0.2, 0) is 22.2 Å². The minimum absolute atomic E-state index is 0.0174. The lowest BCUT2D eigenvalue weighted by molar-refractivity contribution is -0.138. The van der Waals surface area contributed by atoms with E-state index >= 15 is 8.78 Å². The summed E-state index contributed by atoms with van der Waals surface area (Å²) < 4.78 is 47.6. The molecule has 11 rings (SSSR count). The van der Waals surface area contributed by atoms with Crippen LogP contribution in [-0.4, -0.2) is 95.2 Å². The standard InChI is InChI=1S/C59H63ClF2N8O6/c1-35-50-48(32-45(61)53(60)52(50)51-44(55(63)72)19-20-47(54(51)62)75-42-11-7-4-8-12-42)76-59(35,40-9-5-3-6-10-40)34-64-41-16-13-38(14-17-41)57(73)69-28-21-36(22-29-69)33-68-26-23-37(24-27-68)39-15-18-43-46(31-39)67(2)66-56(43)70-30-25-49(71)65-58(70)74/h3-12,15,18-20,31-32,35-38,41,64H,13-14,16-17,21-30,33-34H2,1-2H3,(H2,63,72)(H,65,71,74)/t35-,38?,41?,59-/m0/s1. The van der Waals surface area contributed by atoms with Gasteiger partial charge in [0, 0.05) is 92.2 Å². The summed E-state index contributed by atoms with van der Waals surface area (Å²) in [7, 11) is 1.89. The van der Waals surface area contributed by atoms with E-state index in [1.165, 1.54) is 23.8 Å². The van der Waals surface area contributed by atoms with E-state index in [0.717, 1.165) is 101 Å². The summed E-state index contributed by atoms with van der Waals surface area (Å²) in [4.78, 5) is 57.6. The van der Waals surface area contributed by atoms with E-state index in [-0.39, 0.29) is 63.4 Å². The Morgan fingerprint density at radius 2 is 1.58 bits per heavy atom. The number of rotatable bonds is 13. The molecule has 0 radical (unpaired) electrons. The third-order valence-electron chi connectivity index (χ3n) is 16.9. The van der Waals surface area contributed by atoms with Gasteiger partial charge in [-0.3, -0.25) is 29.3 Å². The number of hydrogen-bond donors (Lipinski definition) is 3. The Bertz CT molecular complexity index is 3190. The van der Waals surface area contributed by atoms with E-state index in [4.69, 9.17) is 26.8 Å². The van der Waals surface area contributed by atoms with Crippen LogP contribution in [0, 0.1) is 23.5 Å². The Balaban J connectivity index is 0.696. The van der Waals surface area contributed by atoms with Gasteiger partial charge in [-0.15, -0.1) is 0 Å². The van der Waals surface area contributed by atoms with Gasteiger partial charge in [-0.25, -0.2) is 13.6 Å². The number of amides is 5. The maximum atomic E-state index is 16.9. The smallest absolute Gasteiger partial charge is 0.329 e. The lowest BCUT2D eigenvalue weighted by atomic mass is 9.77. The molecular weight excluding hydrogens is 990 g/mol. The molecule has 0 bridgehead atoms. The van der Waals surface area contributed by atoms with Crippen LogP contribution in [0.5, 0.6) is 17.2 Å². The molecule has 5 amide bonds. The molecule has 5 aliphatic rings. The molecule has 1 saturated carbocycles. The first kappa shape index (κ1) is 51.2. The zero-order chi connectivity index (χ0) is 52.8. The number of nitrogens with zero attached hydrogens (tertiary/aromatic N) is 5. The largest absolute Gasteiger partial charge is 0.480 e. The number of nitrogens with two attached hydrogens (primary N) is 1. The van der Waals surface area contributed by atoms with Crippen LogP contribution in [0.3, 0.4) is 0 Å². The van der Waals surface area contributed by atoms with Gasteiger partial charge in [0.15, 0.2) is 23.0 Å². The van der Waals surface area contributed by atoms with E-state index in [1.54, 1.807) is 35.2 Å². The maximum Gasteiger partial charge on any atom is 0.329 e. The number of nitrogens with one attached hydrogen (secondary N) is 2. The van der Waals surface area contributed by atoms with Crippen LogP contribution in [0.2, 0.25) is 5.02 Å². The van der Waals surface area contributed by atoms with Gasteiger partial charge in [0.1, 0.15) is 17.3 Å². The normalized spacial score (nSPS) is 22.6. The molecule has 3 saturated heterocycles. The van der Waals surface area contributed by atoms with Gasteiger partial charge >= 0.3 is 6.03 Å². The molecule has 6 aromatic rings. The van der Waals surface area contributed by atoms with Gasteiger partial charge in [-0.05, 0) is 124 Å². The van der Waals surface area contributed by atoms with E-state index in [2.05, 4.69) is 43.7 Å². The molecule has 5 heterocycles. The molecule has 0 spiro atoms. The van der Waals surface area contributed by atoms with E-state index in [0.29, 0.717) is 42.1 Å². The zero-order valence-electron chi connectivity index (χ0n) is 42.8. The summed E-state index contributed by atoms with van der Waals surface area (Å²) in [6, 6.07) is 28.3. The molecular formula is C59H63ClF2N8O6. The second kappa shape index (κ2) is 21.3. The van der Waals surface area contributed by atoms with Gasteiger partial charge in [0.05, 0.1) is 16.1 Å². The molecule has 17 heteroatoms. The number of anilines is 1. The van der Waals surface area contributed by atoms with Crippen molar-refractivity contribution in [2.45, 2.75) is 88.2 Å². The number of imide groups is 1. The van der Waals surface area contributed by atoms with Crippen LogP contribution in [0.4, 0.5) is 19.4 Å². The number of hydrogen-bond acceptors (Lipinski definition) is 9. The summed E-state index contributed by atoms with van der Waals surface area (Å²) in [5.41, 5.74) is 7.82. The molecule has 1 aromatic heterocycles. The number of urea groups is 1. The fourth-order valence-corrected chi connectivity index (χ4v) is 12.9. The second-order valence-electron chi connectivity index (χ2n) is 21.4. The van der Waals surface area contributed by atoms with Gasteiger partial charge in [0.2, 0.25) is 17.7 Å². The van der Waals surface area contributed by atoms with Gasteiger partial charge in [0.25, 0.3) is 0 Å². The van der Waals surface area contributed by atoms with Crippen molar-refractivity contribution in [2.24, 2.45) is 24.6 Å². The highest BCUT2D eigenvalue weighted by Crippen LogP contribution is 2.57. The highest BCUT2D eigenvalue weighted by molar-refractivity contribution is 6.34. The summed E-state index contributed by atoms with van der Waals surface area (Å²) >= 11 is 6.82. The maximum absolute atomic E-state index is 16.9. The van der Waals surface area contributed by atoms with Crippen molar-refractivity contribution in [1.29, 1.82) is 0 Å². The molecule has 0 unspecified atom stereocenters. The molecule has 4 aliphatic heterocycles. The highest BCUT2D eigenvalue weighted by Gasteiger charge is 2.50. The number of aryl methyl sites for hydroxylation is 1. The first-order valence-electron chi connectivity index (χ1n) is 26.7. The number of piperidine rings is 2. The summed E-state index contributed by atoms with van der Waals surface area (Å²) in [5.74, 6) is -1.35. The van der Waals surface area contributed by atoms with Crippen molar-refractivity contribution in [1.82, 2.24) is 30.2 Å². The lowest BCUT2D eigenvalue weighted by Crippen LogP contribution is -2.49. The van der Waals surface area contributed by atoms with Crippen molar-refractivity contribution in [2.75, 3.05) is 50.7 Å². The first-order chi connectivity index (χ1) is 36.8. The van der Waals surface area contributed by atoms with Crippen molar-refractivity contribution in [3.8, 4) is 28.4 Å². The Hall–Kier alpha value is -6.88. The number of para-hydroxylation sites is 1. The number of halogens is 3. The topological polar surface area (TPSA) is 164 Å². The molecule has 1 aliphatic carbocycles. The minimum Gasteiger partial charge on any atom is -0.480 e. The molecule has 396 valence electrons. The summed E-state index contributed by atoms with van der Waals surface area (Å²) in [5, 5.41) is 11.4. The van der Waals surface area contributed by atoms with Crippen molar-refractivity contribution < 1.29 is 37.4 Å². The van der Waals surface area contributed by atoms with Gasteiger partial charge in [-0.2, -0.15) is 5.10 Å². The third-order valence-corrected chi connectivity index (χ3v) is 17.3. The summed E-state index contributed by atoms with van der Waals surface area (Å²) in [6.45, 7) is 7.21. The van der Waals surface area contributed by atoms with Crippen LogP contribution in [0.15, 0.2) is 97.1 Å². The summed E-state index contributed by atoms with van der Waals surface area (Å²) in [6.07, 6.45) is 7.46. The predicted octanol–water partition coefficient (Wildman–Crippen LogP) is 10.2. The number of fused-ring (bicyclic) bond motifs is 2. The number of primary amides is 1. The fraction of sp³-hybridized carbons (Fsp3) is 0.407. The van der Waals surface area contributed by atoms with Gasteiger partial charge < -0.3 is 30.3 Å². The van der Waals surface area contributed by atoms with Crippen LogP contribution in [0.1, 0.15) is 104 Å². The van der Waals surface area contributed by atoms with Crippen molar-refractivity contribution >= 4 is 52.1 Å². The molecule has 4 fully saturated rings. The monoisotopic (exact) mass is 1050 g/mol. The van der Waals surface area contributed by atoms with Gasteiger partial charge in [-0.1, -0.05) is 73.1 Å². The lowest BCUT2D eigenvalue weighted by Gasteiger charge is -2.40. The first-order valence-corrected chi connectivity index (χ1v) is 27.1. The predicted molar refractivity (Wildman–Crippen MR) is 287 cm³/mol. The molecule has 4 N–H and O–H groups in total. The van der Waals surface area contributed by atoms with Crippen LogP contribution >= 0.6 is 11.6 Å². The Morgan fingerprint density at radius 3 is 2.28 bits per heavy atom. The highest BCUT2D eigenvalue weighted by atomic mass is 35.5. The Labute approximate surface area is 445 Å². The molecule has 2 atom stereocenters. The molecule has 5 aromatic carbocycles. The Kier molecular flexibility index (Phi) is 14.3. The number of aromatic nitrogens is 2. The molecule has 14 nitrogen and oxygen atoms in total. The number of ether oxygens (including phenoxy) is 2. The average molecular weight is 1050 g/mol. The third kappa shape index (κ3) is 9.79. The minimum atomic E-state index is -1.09. The second-order valence-corrected chi connectivity index (χ2v) is 21.7. The van der Waals surface area contributed by atoms with Crippen LogP contribution < -0.4 is 30.7 Å². The van der Waals surface area contributed by atoms with E-state index in [9.17, 15) is 19.2 Å². The number of carbonyl (C=O) groups is 4. The Morgan fingerprint density at radius 1 is 0.868 bits per heavy atom. The molecule has 76 heavy (non-hydrogen) atoms. The number of carbonyl (C=O) groups excluding carboxylic acids is 4.